The van der Waals surface area contributed by atoms with E-state index in [0.717, 1.165) is 12.3 Å². The van der Waals surface area contributed by atoms with Gasteiger partial charge in [0.1, 0.15) is 22.3 Å². The molecule has 3 N–H and O–H groups in total. The summed E-state index contributed by atoms with van der Waals surface area (Å²) in [5.74, 6) is -0.646. The van der Waals surface area contributed by atoms with Crippen LogP contribution in [0.25, 0.3) is 0 Å². The molecule has 3 aromatic rings. The van der Waals surface area contributed by atoms with Crippen LogP contribution in [0, 0.1) is 5.82 Å². The first-order valence-corrected chi connectivity index (χ1v) is 10.8. The summed E-state index contributed by atoms with van der Waals surface area (Å²) in [6.45, 7) is -0.225. The summed E-state index contributed by atoms with van der Waals surface area (Å²) < 4.78 is 46.0. The maximum Gasteiger partial charge on any atom is 0.265 e. The Kier molecular flexibility index (Phi) is 6.93. The topological polar surface area (TPSA) is 109 Å². The summed E-state index contributed by atoms with van der Waals surface area (Å²) in [5.41, 5.74) is 0.581. The lowest BCUT2D eigenvalue weighted by atomic mass is 10.3. The fourth-order valence-corrected chi connectivity index (χ4v) is 3.99. The predicted octanol–water partition coefficient (Wildman–Crippen LogP) is 3.73. The number of ether oxygens (including phenoxy) is 1. The van der Waals surface area contributed by atoms with E-state index in [1.54, 1.807) is 18.2 Å². The van der Waals surface area contributed by atoms with Crippen LogP contribution >= 0.6 is 11.6 Å². The third-order valence-electron chi connectivity index (χ3n) is 4.02. The monoisotopic (exact) mass is 464 g/mol. The van der Waals surface area contributed by atoms with Crippen LogP contribution in [0.4, 0.5) is 21.6 Å². The Hall–Kier alpha value is -3.37. The molecule has 1 aromatic heterocycles. The number of pyridine rings is 1. The van der Waals surface area contributed by atoms with Crippen molar-refractivity contribution in [2.24, 2.45) is 0 Å². The molecule has 0 spiro atoms. The molecule has 0 aliphatic rings. The van der Waals surface area contributed by atoms with Gasteiger partial charge in [0.05, 0.1) is 31.2 Å². The largest absolute Gasteiger partial charge is 0.495 e. The van der Waals surface area contributed by atoms with Crippen molar-refractivity contribution in [3.8, 4) is 5.75 Å². The van der Waals surface area contributed by atoms with Gasteiger partial charge in [0.15, 0.2) is 0 Å². The van der Waals surface area contributed by atoms with Gasteiger partial charge in [-0.05, 0) is 42.5 Å². The first-order chi connectivity index (χ1) is 14.8. The number of nitrogens with one attached hydrogen (secondary N) is 3. The molecule has 162 valence electrons. The zero-order valence-corrected chi connectivity index (χ0v) is 17.8. The number of hydrogen-bond donors (Lipinski definition) is 3. The molecule has 1 heterocycles. The van der Waals surface area contributed by atoms with E-state index < -0.39 is 21.7 Å². The maximum atomic E-state index is 13.0. The summed E-state index contributed by atoms with van der Waals surface area (Å²) in [5, 5.41) is 5.87. The number of anilines is 3. The molecule has 31 heavy (non-hydrogen) atoms. The summed E-state index contributed by atoms with van der Waals surface area (Å²) in [6.07, 6.45) is 0.899. The highest BCUT2D eigenvalue weighted by molar-refractivity contribution is 7.92. The van der Waals surface area contributed by atoms with Gasteiger partial charge in [0.2, 0.25) is 5.91 Å². The zero-order valence-electron chi connectivity index (χ0n) is 16.2. The van der Waals surface area contributed by atoms with Crippen LogP contribution in [0.5, 0.6) is 5.75 Å². The second-order valence-corrected chi connectivity index (χ2v) is 8.30. The number of aromatic nitrogens is 1. The first-order valence-electron chi connectivity index (χ1n) is 8.89. The molecule has 1 amide bonds. The number of amides is 1. The maximum absolute atomic E-state index is 13.0. The summed E-state index contributed by atoms with van der Waals surface area (Å²) in [7, 11) is -2.59. The molecular weight excluding hydrogens is 447 g/mol. The van der Waals surface area contributed by atoms with E-state index in [0.29, 0.717) is 16.5 Å². The van der Waals surface area contributed by atoms with E-state index in [-0.39, 0.29) is 22.9 Å². The van der Waals surface area contributed by atoms with Gasteiger partial charge in [0, 0.05) is 5.02 Å². The van der Waals surface area contributed by atoms with Gasteiger partial charge in [0.25, 0.3) is 10.0 Å². The highest BCUT2D eigenvalue weighted by Gasteiger charge is 2.19. The van der Waals surface area contributed by atoms with Crippen molar-refractivity contribution in [1.29, 1.82) is 0 Å². The molecule has 3 rings (SSSR count). The number of carbonyl (C=O) groups excluding carboxylic acids is 1. The third-order valence-corrected chi connectivity index (χ3v) is 5.67. The molecule has 11 heteroatoms. The number of sulfonamides is 1. The lowest BCUT2D eigenvalue weighted by Crippen LogP contribution is -2.23. The molecule has 0 unspecified atom stereocenters. The lowest BCUT2D eigenvalue weighted by molar-refractivity contribution is -0.114. The SMILES string of the molecule is COc1ccc(Cl)cc1NC(=O)CNc1ccccc1S(=O)(=O)Nc1ccc(F)cn1. The zero-order chi connectivity index (χ0) is 22.4. The minimum absolute atomic E-state index is 0.0398. The van der Waals surface area contributed by atoms with Gasteiger partial charge in [-0.2, -0.15) is 0 Å². The Bertz CT molecular complexity index is 1190. The number of benzene rings is 2. The number of halogens is 2. The van der Waals surface area contributed by atoms with Crippen LogP contribution in [0.15, 0.2) is 65.7 Å². The van der Waals surface area contributed by atoms with Gasteiger partial charge in [-0.15, -0.1) is 0 Å². The lowest BCUT2D eigenvalue weighted by Gasteiger charge is -2.14. The third kappa shape index (κ3) is 5.83. The predicted molar refractivity (Wildman–Crippen MR) is 117 cm³/mol. The number of nitrogens with zero attached hydrogens (tertiary/aromatic N) is 1. The van der Waals surface area contributed by atoms with Crippen LogP contribution in [-0.2, 0) is 14.8 Å². The molecule has 0 bridgehead atoms. The molecule has 0 saturated heterocycles. The van der Waals surface area contributed by atoms with Crippen LogP contribution in [0.1, 0.15) is 0 Å². The minimum Gasteiger partial charge on any atom is -0.495 e. The fourth-order valence-electron chi connectivity index (χ4n) is 2.62. The highest BCUT2D eigenvalue weighted by atomic mass is 35.5. The molecule has 8 nitrogen and oxygen atoms in total. The van der Waals surface area contributed by atoms with Crippen molar-refractivity contribution in [3.05, 3.63) is 71.6 Å². The second-order valence-electron chi connectivity index (χ2n) is 6.21. The second kappa shape index (κ2) is 9.63. The van der Waals surface area contributed by atoms with E-state index in [4.69, 9.17) is 16.3 Å². The quantitative estimate of drug-likeness (QED) is 0.468. The van der Waals surface area contributed by atoms with E-state index in [1.165, 1.54) is 37.4 Å². The van der Waals surface area contributed by atoms with Crippen LogP contribution < -0.4 is 20.1 Å². The molecule has 0 saturated carbocycles. The first kappa shape index (κ1) is 22.3. The standard InChI is InChI=1S/C20H18ClFN4O4S/c1-30-17-8-6-13(21)10-16(17)25-20(27)12-23-15-4-2-3-5-18(15)31(28,29)26-19-9-7-14(22)11-24-19/h2-11,23H,12H2,1H3,(H,24,26)(H,25,27). The van der Waals surface area contributed by atoms with Crippen LogP contribution in [0.3, 0.4) is 0 Å². The smallest absolute Gasteiger partial charge is 0.265 e. The van der Waals surface area contributed by atoms with Crippen LogP contribution in [0.2, 0.25) is 5.02 Å². The highest BCUT2D eigenvalue weighted by Crippen LogP contribution is 2.28. The number of hydrogen-bond acceptors (Lipinski definition) is 6. The van der Waals surface area contributed by atoms with E-state index in [9.17, 15) is 17.6 Å². The Labute approximate surface area is 183 Å². The fraction of sp³-hybridized carbons (Fsp3) is 0.100. The van der Waals surface area contributed by atoms with Crippen molar-refractivity contribution >= 4 is 44.7 Å². The molecule has 0 aliphatic heterocycles. The average Bonchev–Trinajstić information content (AvgIpc) is 2.74. The normalized spacial score (nSPS) is 10.9. The Morgan fingerprint density at radius 3 is 2.61 bits per heavy atom. The molecule has 2 aromatic carbocycles. The van der Waals surface area contributed by atoms with Gasteiger partial charge in [-0.3, -0.25) is 9.52 Å². The molecule has 0 atom stereocenters. The van der Waals surface area contributed by atoms with Crippen molar-refractivity contribution in [1.82, 2.24) is 4.98 Å². The van der Waals surface area contributed by atoms with Gasteiger partial charge >= 0.3 is 0 Å². The summed E-state index contributed by atoms with van der Waals surface area (Å²) >= 11 is 5.95. The van der Waals surface area contributed by atoms with Crippen molar-refractivity contribution in [3.63, 3.8) is 0 Å². The number of para-hydroxylation sites is 1. The number of methoxy groups -OCH3 is 1. The van der Waals surface area contributed by atoms with E-state index in [2.05, 4.69) is 20.3 Å². The summed E-state index contributed by atoms with van der Waals surface area (Å²) in [6, 6.07) is 13.1. The number of carbonyl (C=O) groups is 1. The summed E-state index contributed by atoms with van der Waals surface area (Å²) in [4.78, 5) is 16.0. The van der Waals surface area contributed by atoms with Gasteiger partial charge < -0.3 is 15.4 Å². The molecular formula is C20H18ClFN4O4S. The van der Waals surface area contributed by atoms with Crippen LogP contribution in [-0.4, -0.2) is 33.0 Å². The van der Waals surface area contributed by atoms with Crippen molar-refractivity contribution < 1.29 is 22.3 Å². The Morgan fingerprint density at radius 2 is 1.90 bits per heavy atom. The molecule has 0 aliphatic carbocycles. The van der Waals surface area contributed by atoms with Gasteiger partial charge in [-0.25, -0.2) is 17.8 Å². The van der Waals surface area contributed by atoms with Gasteiger partial charge in [-0.1, -0.05) is 23.7 Å². The number of rotatable bonds is 8. The van der Waals surface area contributed by atoms with E-state index >= 15 is 0 Å². The molecule has 0 fully saturated rings. The Morgan fingerprint density at radius 1 is 1.13 bits per heavy atom. The van der Waals surface area contributed by atoms with Crippen molar-refractivity contribution in [2.45, 2.75) is 4.90 Å². The van der Waals surface area contributed by atoms with E-state index in [1.807, 2.05) is 0 Å². The Balaban J connectivity index is 1.72. The van der Waals surface area contributed by atoms with Crippen molar-refractivity contribution in [2.75, 3.05) is 29.0 Å². The average molecular weight is 465 g/mol. The molecule has 0 radical (unpaired) electrons. The minimum atomic E-state index is -4.05.